The van der Waals surface area contributed by atoms with Gasteiger partial charge < -0.3 is 29.6 Å². The smallest absolute Gasteiger partial charge is 0.307 e. The zero-order valence-corrected chi connectivity index (χ0v) is 20.4. The number of aliphatic imine (C=N–C) groups is 1. The van der Waals surface area contributed by atoms with E-state index in [4.69, 9.17) is 14.2 Å². The molecule has 0 amide bonds. The van der Waals surface area contributed by atoms with Gasteiger partial charge >= 0.3 is 5.97 Å². The molecule has 2 N–H and O–H groups in total. The monoisotopic (exact) mass is 535 g/mol. The first-order valence-electron chi connectivity index (χ1n) is 10.2. The van der Waals surface area contributed by atoms with Crippen LogP contribution in [-0.4, -0.2) is 58.6 Å². The molecule has 0 spiro atoms. The standard InChI is InChI=1S/C21H33N3O5.HI/c1-16(2)15-27-11-4-9-22-21(23-10-8-20(25)26-3)24-17-6-7-18-19(14-17)29-13-5-12-28-18;/h6-7,14,16H,4-5,8-13,15H2,1-3H3,(H2,22,23,24);1H. The van der Waals surface area contributed by atoms with E-state index < -0.39 is 0 Å². The summed E-state index contributed by atoms with van der Waals surface area (Å²) >= 11 is 0. The van der Waals surface area contributed by atoms with Crippen LogP contribution in [0, 0.1) is 5.92 Å². The van der Waals surface area contributed by atoms with E-state index in [9.17, 15) is 4.79 Å². The Morgan fingerprint density at radius 2 is 2.00 bits per heavy atom. The Kier molecular flexibility index (Phi) is 13.2. The average Bonchev–Trinajstić information content (AvgIpc) is 2.94. The summed E-state index contributed by atoms with van der Waals surface area (Å²) in [6, 6.07) is 5.69. The van der Waals surface area contributed by atoms with E-state index >= 15 is 0 Å². The number of fused-ring (bicyclic) bond motifs is 1. The highest BCUT2D eigenvalue weighted by Crippen LogP contribution is 2.32. The first-order valence-corrected chi connectivity index (χ1v) is 10.2. The van der Waals surface area contributed by atoms with E-state index in [1.807, 2.05) is 18.2 Å². The van der Waals surface area contributed by atoms with Crippen molar-refractivity contribution in [2.45, 2.75) is 33.1 Å². The van der Waals surface area contributed by atoms with Crippen LogP contribution in [0.2, 0.25) is 0 Å². The summed E-state index contributed by atoms with van der Waals surface area (Å²) in [5, 5.41) is 6.42. The minimum Gasteiger partial charge on any atom is -0.490 e. The molecular formula is C21H34IN3O5. The van der Waals surface area contributed by atoms with Gasteiger partial charge in [-0.3, -0.25) is 9.79 Å². The molecule has 1 aromatic carbocycles. The molecule has 0 aromatic heterocycles. The lowest BCUT2D eigenvalue weighted by molar-refractivity contribution is -0.140. The molecule has 170 valence electrons. The molecule has 1 heterocycles. The van der Waals surface area contributed by atoms with Crippen molar-refractivity contribution in [3.63, 3.8) is 0 Å². The third-order valence-corrected chi connectivity index (χ3v) is 4.03. The maximum atomic E-state index is 11.4. The van der Waals surface area contributed by atoms with Crippen LogP contribution < -0.4 is 20.1 Å². The van der Waals surface area contributed by atoms with Crippen LogP contribution in [0.5, 0.6) is 11.5 Å². The molecule has 9 heteroatoms. The number of esters is 1. The van der Waals surface area contributed by atoms with Crippen molar-refractivity contribution in [2.75, 3.05) is 51.9 Å². The number of guanidine groups is 1. The second-order valence-electron chi connectivity index (χ2n) is 7.14. The van der Waals surface area contributed by atoms with Gasteiger partial charge in [-0.05, 0) is 24.5 Å². The molecule has 0 bridgehead atoms. The fourth-order valence-corrected chi connectivity index (χ4v) is 2.58. The van der Waals surface area contributed by atoms with Gasteiger partial charge in [0.05, 0.1) is 26.7 Å². The molecule has 0 fully saturated rings. The fraction of sp³-hybridized carbons (Fsp3) is 0.619. The molecule has 0 radical (unpaired) electrons. The molecule has 0 aliphatic carbocycles. The molecule has 8 nitrogen and oxygen atoms in total. The number of halogens is 1. The number of anilines is 1. The van der Waals surface area contributed by atoms with Gasteiger partial charge in [0.1, 0.15) is 0 Å². The van der Waals surface area contributed by atoms with Crippen LogP contribution in [-0.2, 0) is 14.3 Å². The topological polar surface area (TPSA) is 90.4 Å². The number of rotatable bonds is 10. The number of benzene rings is 1. The molecule has 0 unspecified atom stereocenters. The van der Waals surface area contributed by atoms with Crippen molar-refractivity contribution in [2.24, 2.45) is 10.9 Å². The number of ether oxygens (including phenoxy) is 4. The molecular weight excluding hydrogens is 501 g/mol. The Labute approximate surface area is 196 Å². The number of hydrogen-bond donors (Lipinski definition) is 2. The van der Waals surface area contributed by atoms with E-state index in [1.54, 1.807) is 0 Å². The number of nitrogens with zero attached hydrogens (tertiary/aromatic N) is 1. The third kappa shape index (κ3) is 10.3. The number of nitrogens with one attached hydrogen (secondary N) is 2. The molecule has 0 saturated carbocycles. The Balaban J connectivity index is 0.00000450. The number of carbonyl (C=O) groups is 1. The van der Waals surface area contributed by atoms with E-state index in [0.29, 0.717) is 50.5 Å². The first kappa shape index (κ1) is 26.3. The SMILES string of the molecule is COC(=O)CCNC(=NCCCOCC(C)C)Nc1ccc2c(c1)OCCCO2.I. The maximum absolute atomic E-state index is 11.4. The number of carbonyl (C=O) groups excluding carboxylic acids is 1. The summed E-state index contributed by atoms with van der Waals surface area (Å²) < 4.78 is 21.7. The second-order valence-corrected chi connectivity index (χ2v) is 7.14. The van der Waals surface area contributed by atoms with Gasteiger partial charge in [0, 0.05) is 44.5 Å². The summed E-state index contributed by atoms with van der Waals surface area (Å²) in [6.45, 7) is 7.99. The van der Waals surface area contributed by atoms with Crippen molar-refractivity contribution >= 4 is 41.6 Å². The second kappa shape index (κ2) is 15.1. The summed E-state index contributed by atoms with van der Waals surface area (Å²) in [5.74, 6) is 2.30. The zero-order chi connectivity index (χ0) is 20.9. The molecule has 1 aromatic rings. The van der Waals surface area contributed by atoms with Gasteiger partial charge in [-0.25, -0.2) is 0 Å². The van der Waals surface area contributed by atoms with Crippen LogP contribution >= 0.6 is 24.0 Å². The summed E-state index contributed by atoms with van der Waals surface area (Å²) in [5.41, 5.74) is 0.828. The molecule has 0 atom stereocenters. The lowest BCUT2D eigenvalue weighted by atomic mass is 10.2. The van der Waals surface area contributed by atoms with Crippen molar-refractivity contribution < 1.29 is 23.7 Å². The van der Waals surface area contributed by atoms with Crippen molar-refractivity contribution in [1.29, 1.82) is 0 Å². The highest BCUT2D eigenvalue weighted by Gasteiger charge is 2.11. The molecule has 0 saturated heterocycles. The fourth-order valence-electron chi connectivity index (χ4n) is 2.58. The average molecular weight is 535 g/mol. The maximum Gasteiger partial charge on any atom is 0.307 e. The van der Waals surface area contributed by atoms with Gasteiger partial charge in [0.2, 0.25) is 0 Å². The number of methoxy groups -OCH3 is 1. The highest BCUT2D eigenvalue weighted by atomic mass is 127. The van der Waals surface area contributed by atoms with Crippen LogP contribution in [0.1, 0.15) is 33.1 Å². The molecule has 2 rings (SSSR count). The van der Waals surface area contributed by atoms with Gasteiger partial charge in [-0.2, -0.15) is 0 Å². The summed E-state index contributed by atoms with van der Waals surface area (Å²) in [4.78, 5) is 15.9. The van der Waals surface area contributed by atoms with Gasteiger partial charge in [-0.1, -0.05) is 13.8 Å². The van der Waals surface area contributed by atoms with Crippen molar-refractivity contribution in [3.05, 3.63) is 18.2 Å². The predicted octanol–water partition coefficient (Wildman–Crippen LogP) is 3.45. The molecule has 1 aliphatic heterocycles. The Morgan fingerprint density at radius 3 is 2.73 bits per heavy atom. The molecule has 1 aliphatic rings. The van der Waals surface area contributed by atoms with E-state index in [1.165, 1.54) is 7.11 Å². The minimum atomic E-state index is -0.269. The van der Waals surface area contributed by atoms with Crippen LogP contribution in [0.15, 0.2) is 23.2 Å². The third-order valence-electron chi connectivity index (χ3n) is 4.03. The van der Waals surface area contributed by atoms with E-state index in [0.717, 1.165) is 30.9 Å². The zero-order valence-electron chi connectivity index (χ0n) is 18.1. The van der Waals surface area contributed by atoms with Crippen LogP contribution in [0.25, 0.3) is 0 Å². The summed E-state index contributed by atoms with van der Waals surface area (Å²) in [7, 11) is 1.38. The molecule has 30 heavy (non-hydrogen) atoms. The van der Waals surface area contributed by atoms with Crippen molar-refractivity contribution in [1.82, 2.24) is 5.32 Å². The Morgan fingerprint density at radius 1 is 1.23 bits per heavy atom. The minimum absolute atomic E-state index is 0. The normalized spacial score (nSPS) is 13.3. The lowest BCUT2D eigenvalue weighted by Gasteiger charge is -2.14. The highest BCUT2D eigenvalue weighted by molar-refractivity contribution is 14.0. The number of hydrogen-bond acceptors (Lipinski definition) is 6. The first-order chi connectivity index (χ1) is 14.1. The van der Waals surface area contributed by atoms with Crippen LogP contribution in [0.3, 0.4) is 0 Å². The van der Waals surface area contributed by atoms with Crippen molar-refractivity contribution in [3.8, 4) is 11.5 Å². The predicted molar refractivity (Wildman–Crippen MR) is 128 cm³/mol. The Hall–Kier alpha value is -1.75. The van der Waals surface area contributed by atoms with Gasteiger partial charge in [0.15, 0.2) is 17.5 Å². The Bertz CT molecular complexity index is 670. The van der Waals surface area contributed by atoms with Crippen LogP contribution in [0.4, 0.5) is 5.69 Å². The van der Waals surface area contributed by atoms with E-state index in [-0.39, 0.29) is 36.4 Å². The largest absolute Gasteiger partial charge is 0.490 e. The van der Waals surface area contributed by atoms with Gasteiger partial charge in [0.25, 0.3) is 0 Å². The quantitative estimate of drug-likeness (QED) is 0.156. The van der Waals surface area contributed by atoms with Gasteiger partial charge in [-0.15, -0.1) is 24.0 Å². The summed E-state index contributed by atoms with van der Waals surface area (Å²) in [6.07, 6.45) is 1.94. The lowest BCUT2D eigenvalue weighted by Crippen LogP contribution is -2.33. The van der Waals surface area contributed by atoms with E-state index in [2.05, 4.69) is 34.2 Å².